The average molecular weight is 348 g/mol. The molecule has 0 saturated heterocycles. The first-order valence-electron chi connectivity index (χ1n) is 7.15. The maximum Gasteiger partial charge on any atom is 0.250 e. The van der Waals surface area contributed by atoms with E-state index in [1.54, 1.807) is 19.1 Å². The quantitative estimate of drug-likeness (QED) is 0.910. The number of hydrogen-bond acceptors (Lipinski definition) is 4. The van der Waals surface area contributed by atoms with E-state index in [1.807, 2.05) is 0 Å². The van der Waals surface area contributed by atoms with Crippen LogP contribution >= 0.6 is 22.9 Å². The molecule has 2 fully saturated rings. The Morgan fingerprint density at radius 3 is 2.38 bits per heavy atom. The molecule has 0 radical (unpaired) electrons. The number of thiophene rings is 1. The molecule has 116 valence electrons. The molecular formula is C14H18ClNO3S2. The molecule has 2 aliphatic rings. The second-order valence-corrected chi connectivity index (χ2v) is 9.74. The highest BCUT2D eigenvalue weighted by molar-refractivity contribution is 7.91. The summed E-state index contributed by atoms with van der Waals surface area (Å²) in [5.74, 6) is 0.906. The number of sulfonamides is 1. The van der Waals surface area contributed by atoms with E-state index in [-0.39, 0.29) is 33.8 Å². The van der Waals surface area contributed by atoms with Crippen molar-refractivity contribution in [2.45, 2.75) is 42.9 Å². The predicted octanol–water partition coefficient (Wildman–Crippen LogP) is 3.07. The number of carbonyl (C=O) groups excluding carboxylic acids is 1. The third kappa shape index (κ3) is 3.04. The second kappa shape index (κ2) is 5.65. The number of carbonyl (C=O) groups is 1. The lowest BCUT2D eigenvalue weighted by atomic mass is 9.76. The van der Waals surface area contributed by atoms with Gasteiger partial charge in [-0.2, -0.15) is 0 Å². The van der Waals surface area contributed by atoms with E-state index in [0.717, 1.165) is 37.0 Å². The van der Waals surface area contributed by atoms with Gasteiger partial charge < -0.3 is 0 Å². The minimum atomic E-state index is -3.50. The van der Waals surface area contributed by atoms with E-state index < -0.39 is 10.0 Å². The molecule has 0 aliphatic heterocycles. The predicted molar refractivity (Wildman–Crippen MR) is 83.1 cm³/mol. The Balaban J connectivity index is 1.76. The molecule has 1 aromatic rings. The van der Waals surface area contributed by atoms with Gasteiger partial charge in [0, 0.05) is 12.0 Å². The summed E-state index contributed by atoms with van der Waals surface area (Å²) in [6.45, 7) is 1.64. The van der Waals surface area contributed by atoms with Gasteiger partial charge >= 0.3 is 0 Å². The lowest BCUT2D eigenvalue weighted by molar-refractivity contribution is -0.122. The van der Waals surface area contributed by atoms with Gasteiger partial charge in [0.05, 0.1) is 4.34 Å². The summed E-state index contributed by atoms with van der Waals surface area (Å²) in [7, 11) is -3.50. The zero-order chi connectivity index (χ0) is 15.2. The smallest absolute Gasteiger partial charge is 0.250 e. The number of Topliss-reactive ketones (excluding diaryl/α,β-unsaturated/α-hetero) is 1. The number of nitrogens with one attached hydrogen (secondary N) is 1. The van der Waals surface area contributed by atoms with Gasteiger partial charge in [-0.1, -0.05) is 11.6 Å². The summed E-state index contributed by atoms with van der Waals surface area (Å²) in [6, 6.07) is 3.10. The normalized spacial score (nSPS) is 32.3. The van der Waals surface area contributed by atoms with Crippen LogP contribution in [0.2, 0.25) is 4.34 Å². The van der Waals surface area contributed by atoms with Crippen LogP contribution in [-0.4, -0.2) is 20.2 Å². The van der Waals surface area contributed by atoms with Gasteiger partial charge in [0.15, 0.2) is 0 Å². The highest BCUT2D eigenvalue weighted by Gasteiger charge is 2.45. The van der Waals surface area contributed by atoms with Gasteiger partial charge in [0.1, 0.15) is 9.99 Å². The molecule has 3 rings (SSSR count). The third-order valence-electron chi connectivity index (χ3n) is 4.78. The first kappa shape index (κ1) is 15.5. The molecule has 0 spiro atoms. The van der Waals surface area contributed by atoms with Crippen molar-refractivity contribution in [2.75, 3.05) is 0 Å². The van der Waals surface area contributed by atoms with Crippen LogP contribution in [0.3, 0.4) is 0 Å². The minimum Gasteiger partial charge on any atom is -0.300 e. The van der Waals surface area contributed by atoms with Crippen LogP contribution < -0.4 is 4.72 Å². The summed E-state index contributed by atoms with van der Waals surface area (Å²) in [5, 5.41) is 0. The van der Waals surface area contributed by atoms with E-state index in [2.05, 4.69) is 4.72 Å². The Hall–Kier alpha value is -0.430. The van der Waals surface area contributed by atoms with Gasteiger partial charge in [0.25, 0.3) is 0 Å². The standard InChI is InChI=1S/C14H18ClNO3S2/c1-8(17)11-6-9-2-3-10(7-11)14(9)16-21(18,19)13-5-4-12(15)20-13/h4-5,9-11,14,16H,2-3,6-7H2,1H3. The van der Waals surface area contributed by atoms with E-state index in [1.165, 1.54) is 0 Å². The van der Waals surface area contributed by atoms with Crippen LogP contribution in [0.4, 0.5) is 0 Å². The molecule has 1 heterocycles. The summed E-state index contributed by atoms with van der Waals surface area (Å²) in [5.41, 5.74) is 0. The van der Waals surface area contributed by atoms with E-state index >= 15 is 0 Å². The highest BCUT2D eigenvalue weighted by atomic mass is 35.5. The fraction of sp³-hybridized carbons (Fsp3) is 0.643. The Labute approximate surface area is 133 Å². The van der Waals surface area contributed by atoms with E-state index in [9.17, 15) is 13.2 Å². The molecule has 2 unspecified atom stereocenters. The Morgan fingerprint density at radius 2 is 1.90 bits per heavy atom. The van der Waals surface area contributed by atoms with Crippen molar-refractivity contribution in [1.29, 1.82) is 0 Å². The molecule has 4 nitrogen and oxygen atoms in total. The molecule has 1 aromatic heterocycles. The van der Waals surface area contributed by atoms with Crippen molar-refractivity contribution in [3.05, 3.63) is 16.5 Å². The van der Waals surface area contributed by atoms with Crippen LogP contribution in [0.15, 0.2) is 16.3 Å². The third-order valence-corrected chi connectivity index (χ3v) is 7.96. The van der Waals surface area contributed by atoms with Crippen LogP contribution in [0.5, 0.6) is 0 Å². The fourth-order valence-electron chi connectivity index (χ4n) is 3.73. The molecule has 2 aliphatic carbocycles. The van der Waals surface area contributed by atoms with E-state index in [0.29, 0.717) is 4.34 Å². The largest absolute Gasteiger partial charge is 0.300 e. The van der Waals surface area contributed by atoms with Gasteiger partial charge in [-0.05, 0) is 56.6 Å². The zero-order valence-electron chi connectivity index (χ0n) is 11.7. The number of rotatable bonds is 4. The topological polar surface area (TPSA) is 63.2 Å². The van der Waals surface area contributed by atoms with Crippen molar-refractivity contribution in [2.24, 2.45) is 17.8 Å². The molecule has 21 heavy (non-hydrogen) atoms. The SMILES string of the molecule is CC(=O)C1CC2CCC(C1)C2NS(=O)(=O)c1ccc(Cl)s1. The zero-order valence-corrected chi connectivity index (χ0v) is 14.1. The van der Waals surface area contributed by atoms with Gasteiger partial charge in [-0.25, -0.2) is 13.1 Å². The molecule has 2 atom stereocenters. The molecule has 0 amide bonds. The van der Waals surface area contributed by atoms with E-state index in [4.69, 9.17) is 11.6 Å². The molecule has 1 N–H and O–H groups in total. The Morgan fingerprint density at radius 1 is 1.29 bits per heavy atom. The van der Waals surface area contributed by atoms with Gasteiger partial charge in [0.2, 0.25) is 10.0 Å². The van der Waals surface area contributed by atoms with Crippen molar-refractivity contribution in [3.8, 4) is 0 Å². The minimum absolute atomic E-state index is 0.0357. The first-order chi connectivity index (χ1) is 9.87. The first-order valence-corrected chi connectivity index (χ1v) is 9.82. The summed E-state index contributed by atoms with van der Waals surface area (Å²) < 4.78 is 28.4. The molecule has 2 bridgehead atoms. The van der Waals surface area contributed by atoms with Crippen LogP contribution in [0.1, 0.15) is 32.6 Å². The molecular weight excluding hydrogens is 330 g/mol. The summed E-state index contributed by atoms with van der Waals surface area (Å²) >= 11 is 6.89. The maximum atomic E-state index is 12.4. The maximum absolute atomic E-state index is 12.4. The van der Waals surface area contributed by atoms with Crippen molar-refractivity contribution in [1.82, 2.24) is 4.72 Å². The van der Waals surface area contributed by atoms with Crippen molar-refractivity contribution >= 4 is 38.7 Å². The molecule has 0 aromatic carbocycles. The Kier molecular flexibility index (Phi) is 4.16. The Bertz CT molecular complexity index is 641. The summed E-state index contributed by atoms with van der Waals surface area (Å²) in [4.78, 5) is 11.6. The number of halogens is 1. The number of hydrogen-bond donors (Lipinski definition) is 1. The summed E-state index contributed by atoms with van der Waals surface area (Å²) in [6.07, 6.45) is 3.63. The molecule has 2 saturated carbocycles. The number of fused-ring (bicyclic) bond motifs is 2. The second-order valence-electron chi connectivity index (χ2n) is 6.08. The lowest BCUT2D eigenvalue weighted by Crippen LogP contribution is -2.45. The molecule has 7 heteroatoms. The van der Waals surface area contributed by atoms with Crippen molar-refractivity contribution in [3.63, 3.8) is 0 Å². The number of ketones is 1. The highest BCUT2D eigenvalue weighted by Crippen LogP contribution is 2.45. The van der Waals surface area contributed by atoms with Crippen LogP contribution in [-0.2, 0) is 14.8 Å². The fourth-order valence-corrected chi connectivity index (χ4v) is 6.60. The van der Waals surface area contributed by atoms with Crippen molar-refractivity contribution < 1.29 is 13.2 Å². The van der Waals surface area contributed by atoms with Crippen LogP contribution in [0.25, 0.3) is 0 Å². The van der Waals surface area contributed by atoms with Gasteiger partial charge in [-0.3, -0.25) is 4.79 Å². The van der Waals surface area contributed by atoms with Gasteiger partial charge in [-0.15, -0.1) is 11.3 Å². The average Bonchev–Trinajstić information content (AvgIpc) is 2.91. The lowest BCUT2D eigenvalue weighted by Gasteiger charge is -2.34. The monoisotopic (exact) mass is 347 g/mol. The van der Waals surface area contributed by atoms with Crippen LogP contribution in [0, 0.1) is 17.8 Å².